The van der Waals surface area contributed by atoms with Crippen LogP contribution >= 0.6 is 0 Å². The molecule has 1 heterocycles. The van der Waals surface area contributed by atoms with Gasteiger partial charge in [0.15, 0.2) is 0 Å². The van der Waals surface area contributed by atoms with Crippen molar-refractivity contribution in [2.24, 2.45) is 0 Å². The van der Waals surface area contributed by atoms with Crippen molar-refractivity contribution in [3.8, 4) is 5.75 Å². The Balaban J connectivity index is 1.97. The maximum Gasteiger partial charge on any atom is 0.119 e. The molecule has 2 unspecified atom stereocenters. The molecule has 1 aliphatic heterocycles. The summed E-state index contributed by atoms with van der Waals surface area (Å²) in [5.74, 6) is 0.915. The molecule has 0 aliphatic carbocycles. The van der Waals surface area contributed by atoms with E-state index in [0.717, 1.165) is 32.0 Å². The standard InChI is InChI=1S/C17H28N2O2/c1-4-21-16-9-6-10-19(12-16)13-17(18-2)14-7-5-8-15(11-14)20-3/h5,7-8,11,16-18H,4,6,9-10,12-13H2,1-3H3. The highest BCUT2D eigenvalue weighted by Gasteiger charge is 2.22. The monoisotopic (exact) mass is 292 g/mol. The third-order valence-corrected chi connectivity index (χ3v) is 4.15. The number of hydrogen-bond acceptors (Lipinski definition) is 4. The van der Waals surface area contributed by atoms with Crippen LogP contribution in [0.4, 0.5) is 0 Å². The molecule has 0 amide bonds. The topological polar surface area (TPSA) is 33.7 Å². The average Bonchev–Trinajstić information content (AvgIpc) is 2.53. The molecule has 1 aliphatic rings. The van der Waals surface area contributed by atoms with E-state index < -0.39 is 0 Å². The van der Waals surface area contributed by atoms with Gasteiger partial charge in [0.1, 0.15) is 5.75 Å². The molecule has 1 saturated heterocycles. The minimum Gasteiger partial charge on any atom is -0.497 e. The Morgan fingerprint density at radius 3 is 3.00 bits per heavy atom. The number of rotatable bonds is 7. The summed E-state index contributed by atoms with van der Waals surface area (Å²) in [6.45, 7) is 6.09. The first kappa shape index (κ1) is 16.3. The van der Waals surface area contributed by atoms with Gasteiger partial charge in [0.2, 0.25) is 0 Å². The van der Waals surface area contributed by atoms with Gasteiger partial charge in [0.25, 0.3) is 0 Å². The molecule has 1 aromatic rings. The van der Waals surface area contributed by atoms with Crippen LogP contribution in [0.2, 0.25) is 0 Å². The third-order valence-electron chi connectivity index (χ3n) is 4.15. The Morgan fingerprint density at radius 1 is 1.43 bits per heavy atom. The molecule has 1 fully saturated rings. The van der Waals surface area contributed by atoms with E-state index in [1.165, 1.54) is 18.4 Å². The number of piperidine rings is 1. The second-order valence-electron chi connectivity index (χ2n) is 5.60. The molecular weight excluding hydrogens is 264 g/mol. The summed E-state index contributed by atoms with van der Waals surface area (Å²) in [6.07, 6.45) is 2.80. The van der Waals surface area contributed by atoms with E-state index in [1.807, 2.05) is 13.1 Å². The molecule has 0 radical (unpaired) electrons. The Bertz CT molecular complexity index is 423. The summed E-state index contributed by atoms with van der Waals surface area (Å²) >= 11 is 0. The van der Waals surface area contributed by atoms with E-state index >= 15 is 0 Å². The van der Waals surface area contributed by atoms with E-state index in [2.05, 4.69) is 35.3 Å². The van der Waals surface area contributed by atoms with E-state index in [4.69, 9.17) is 9.47 Å². The lowest BCUT2D eigenvalue weighted by Gasteiger charge is -2.34. The molecule has 0 bridgehead atoms. The SMILES string of the molecule is CCOC1CCCN(CC(NC)c2cccc(OC)c2)C1. The van der Waals surface area contributed by atoms with Gasteiger partial charge < -0.3 is 14.8 Å². The molecule has 21 heavy (non-hydrogen) atoms. The van der Waals surface area contributed by atoms with E-state index in [0.29, 0.717) is 12.1 Å². The van der Waals surface area contributed by atoms with E-state index in [1.54, 1.807) is 7.11 Å². The molecule has 1 N–H and O–H groups in total. The summed E-state index contributed by atoms with van der Waals surface area (Å²) in [5.41, 5.74) is 1.27. The summed E-state index contributed by atoms with van der Waals surface area (Å²) < 4.78 is 11.1. The van der Waals surface area contributed by atoms with Crippen molar-refractivity contribution in [3.05, 3.63) is 29.8 Å². The van der Waals surface area contributed by atoms with Crippen LogP contribution in [0.15, 0.2) is 24.3 Å². The van der Waals surface area contributed by atoms with Crippen LogP contribution in [-0.2, 0) is 4.74 Å². The van der Waals surface area contributed by atoms with Crippen LogP contribution in [0.1, 0.15) is 31.4 Å². The van der Waals surface area contributed by atoms with Gasteiger partial charge in [-0.1, -0.05) is 12.1 Å². The lowest BCUT2D eigenvalue weighted by Crippen LogP contribution is -2.43. The Kier molecular flexibility index (Phi) is 6.49. The average molecular weight is 292 g/mol. The van der Waals surface area contributed by atoms with Crippen molar-refractivity contribution >= 4 is 0 Å². The molecule has 1 aromatic carbocycles. The molecule has 4 heteroatoms. The first-order chi connectivity index (χ1) is 10.3. The fourth-order valence-corrected chi connectivity index (χ4v) is 3.03. The molecule has 2 rings (SSSR count). The number of nitrogens with zero attached hydrogens (tertiary/aromatic N) is 1. The lowest BCUT2D eigenvalue weighted by atomic mass is 10.0. The Labute approximate surface area is 128 Å². The number of methoxy groups -OCH3 is 1. The van der Waals surface area contributed by atoms with Gasteiger partial charge in [-0.05, 0) is 51.1 Å². The largest absolute Gasteiger partial charge is 0.497 e. The quantitative estimate of drug-likeness (QED) is 0.837. The van der Waals surface area contributed by atoms with Crippen molar-refractivity contribution in [2.45, 2.75) is 31.9 Å². The third kappa shape index (κ3) is 4.70. The molecule has 4 nitrogen and oxygen atoms in total. The molecule has 2 atom stereocenters. The number of hydrogen-bond donors (Lipinski definition) is 1. The van der Waals surface area contributed by atoms with E-state index in [-0.39, 0.29) is 0 Å². The zero-order valence-corrected chi connectivity index (χ0v) is 13.5. The summed E-state index contributed by atoms with van der Waals surface area (Å²) in [5, 5.41) is 3.43. The van der Waals surface area contributed by atoms with Crippen LogP contribution in [0.5, 0.6) is 5.75 Å². The number of benzene rings is 1. The van der Waals surface area contributed by atoms with Crippen LogP contribution in [0.25, 0.3) is 0 Å². The van der Waals surface area contributed by atoms with Crippen LogP contribution in [0.3, 0.4) is 0 Å². The van der Waals surface area contributed by atoms with Gasteiger partial charge >= 0.3 is 0 Å². The maximum absolute atomic E-state index is 5.79. The Morgan fingerprint density at radius 2 is 2.29 bits per heavy atom. The van der Waals surface area contributed by atoms with Crippen LogP contribution < -0.4 is 10.1 Å². The first-order valence-corrected chi connectivity index (χ1v) is 7.92. The summed E-state index contributed by atoms with van der Waals surface area (Å²) in [6, 6.07) is 8.64. The predicted octanol–water partition coefficient (Wildman–Crippen LogP) is 2.46. The van der Waals surface area contributed by atoms with Gasteiger partial charge in [0, 0.05) is 25.7 Å². The number of ether oxygens (including phenoxy) is 2. The summed E-state index contributed by atoms with van der Waals surface area (Å²) in [7, 11) is 3.74. The highest BCUT2D eigenvalue weighted by Crippen LogP contribution is 2.22. The van der Waals surface area contributed by atoms with Gasteiger partial charge in [-0.2, -0.15) is 0 Å². The lowest BCUT2D eigenvalue weighted by molar-refractivity contribution is 0.00367. The smallest absolute Gasteiger partial charge is 0.119 e. The number of likely N-dealkylation sites (tertiary alicyclic amines) is 1. The maximum atomic E-state index is 5.79. The molecule has 0 spiro atoms. The molecule has 118 valence electrons. The minimum atomic E-state index is 0.320. The normalized spacial score (nSPS) is 21.2. The zero-order chi connectivity index (χ0) is 15.1. The second-order valence-corrected chi connectivity index (χ2v) is 5.60. The fourth-order valence-electron chi connectivity index (χ4n) is 3.03. The highest BCUT2D eigenvalue weighted by molar-refractivity contribution is 5.30. The van der Waals surface area contributed by atoms with E-state index in [9.17, 15) is 0 Å². The minimum absolute atomic E-state index is 0.320. The molecule has 0 saturated carbocycles. The second kappa shape index (κ2) is 8.37. The van der Waals surface area contributed by atoms with Crippen molar-refractivity contribution in [2.75, 3.05) is 40.4 Å². The van der Waals surface area contributed by atoms with Gasteiger partial charge in [-0.25, -0.2) is 0 Å². The number of nitrogens with one attached hydrogen (secondary N) is 1. The highest BCUT2D eigenvalue weighted by atomic mass is 16.5. The van der Waals surface area contributed by atoms with Gasteiger partial charge in [-0.3, -0.25) is 4.90 Å². The van der Waals surface area contributed by atoms with Crippen molar-refractivity contribution in [1.29, 1.82) is 0 Å². The first-order valence-electron chi connectivity index (χ1n) is 7.92. The Hall–Kier alpha value is -1.10. The summed E-state index contributed by atoms with van der Waals surface area (Å²) in [4.78, 5) is 2.50. The predicted molar refractivity (Wildman–Crippen MR) is 85.9 cm³/mol. The number of likely N-dealkylation sites (N-methyl/N-ethyl adjacent to an activating group) is 1. The fraction of sp³-hybridized carbons (Fsp3) is 0.647. The van der Waals surface area contributed by atoms with Crippen molar-refractivity contribution < 1.29 is 9.47 Å². The zero-order valence-electron chi connectivity index (χ0n) is 13.5. The molecular formula is C17H28N2O2. The van der Waals surface area contributed by atoms with Crippen LogP contribution in [0, 0.1) is 0 Å². The molecule has 0 aromatic heterocycles. The van der Waals surface area contributed by atoms with Gasteiger partial charge in [-0.15, -0.1) is 0 Å². The van der Waals surface area contributed by atoms with Crippen LogP contribution in [-0.4, -0.2) is 51.4 Å². The van der Waals surface area contributed by atoms with Gasteiger partial charge in [0.05, 0.1) is 13.2 Å². The van der Waals surface area contributed by atoms with Crippen molar-refractivity contribution in [3.63, 3.8) is 0 Å². The van der Waals surface area contributed by atoms with Crippen molar-refractivity contribution in [1.82, 2.24) is 10.2 Å².